The minimum atomic E-state index is -0.0599. The summed E-state index contributed by atoms with van der Waals surface area (Å²) >= 11 is 11.7. The third-order valence-electron chi connectivity index (χ3n) is 2.91. The van der Waals surface area contributed by atoms with Gasteiger partial charge in [-0.25, -0.2) is 0 Å². The number of hydrogen-bond acceptors (Lipinski definition) is 1. The van der Waals surface area contributed by atoms with E-state index in [-0.39, 0.29) is 10.8 Å². The van der Waals surface area contributed by atoms with Gasteiger partial charge in [0.25, 0.3) is 0 Å². The molecular weight excluding hydrogens is 328 g/mol. The quantitative estimate of drug-likeness (QED) is 0.575. The first-order valence-corrected chi connectivity index (χ1v) is 7.92. The summed E-state index contributed by atoms with van der Waals surface area (Å²) in [6, 6.07) is 12.7. The molecule has 2 aromatic rings. The lowest BCUT2D eigenvalue weighted by molar-refractivity contribution is 0.590. The van der Waals surface area contributed by atoms with Crippen molar-refractivity contribution in [2.24, 2.45) is 0 Å². The highest BCUT2D eigenvalue weighted by atomic mass is 79.9. The largest absolute Gasteiger partial charge is 0.131 e. The summed E-state index contributed by atoms with van der Waals surface area (Å²) in [5.74, 6) is 0. The first-order valence-electron chi connectivity index (χ1n) is 5.87. The summed E-state index contributed by atoms with van der Waals surface area (Å²) in [7, 11) is 0. The molecule has 18 heavy (non-hydrogen) atoms. The third-order valence-corrected chi connectivity index (χ3v) is 5.22. The van der Waals surface area contributed by atoms with Crippen molar-refractivity contribution in [3.8, 4) is 0 Å². The maximum atomic E-state index is 6.50. The topological polar surface area (TPSA) is 0 Å². The van der Waals surface area contributed by atoms with Crippen molar-refractivity contribution in [1.82, 2.24) is 0 Å². The van der Waals surface area contributed by atoms with Gasteiger partial charge in [0.15, 0.2) is 0 Å². The summed E-state index contributed by atoms with van der Waals surface area (Å²) in [6.45, 7) is 6.66. The highest BCUT2D eigenvalue weighted by Gasteiger charge is 2.16. The number of thiophene rings is 1. The zero-order valence-electron chi connectivity index (χ0n) is 10.7. The Kier molecular flexibility index (Phi) is 4.20. The number of alkyl halides is 1. The van der Waals surface area contributed by atoms with E-state index in [0.717, 1.165) is 9.35 Å². The molecule has 0 fully saturated rings. The Morgan fingerprint density at radius 2 is 1.67 bits per heavy atom. The molecule has 0 spiro atoms. The van der Waals surface area contributed by atoms with E-state index in [1.807, 2.05) is 6.07 Å². The summed E-state index contributed by atoms with van der Waals surface area (Å²) in [5.41, 5.74) is 2.67. The molecule has 1 unspecified atom stereocenters. The molecule has 1 heterocycles. The van der Waals surface area contributed by atoms with E-state index in [1.165, 1.54) is 10.4 Å². The highest BCUT2D eigenvalue weighted by Crippen LogP contribution is 2.36. The van der Waals surface area contributed by atoms with Crippen LogP contribution < -0.4 is 0 Å². The zero-order chi connectivity index (χ0) is 13.3. The number of rotatable bonds is 2. The van der Waals surface area contributed by atoms with Gasteiger partial charge in [0.05, 0.1) is 9.16 Å². The molecule has 0 saturated carbocycles. The van der Waals surface area contributed by atoms with E-state index < -0.39 is 0 Å². The Labute approximate surface area is 126 Å². The fourth-order valence-electron chi connectivity index (χ4n) is 1.78. The molecule has 0 N–H and O–H groups in total. The minimum absolute atomic E-state index is 0.0599. The van der Waals surface area contributed by atoms with Gasteiger partial charge < -0.3 is 0 Å². The third kappa shape index (κ3) is 3.17. The lowest BCUT2D eigenvalue weighted by Crippen LogP contribution is -2.10. The molecule has 0 saturated heterocycles. The molecular formula is C15H16BrClS. The summed E-state index contributed by atoms with van der Waals surface area (Å²) in [5, 5.41) is -0.0599. The van der Waals surface area contributed by atoms with E-state index in [2.05, 4.69) is 67.0 Å². The van der Waals surface area contributed by atoms with Crippen LogP contribution in [0.15, 0.2) is 40.2 Å². The predicted octanol–water partition coefficient (Wildman–Crippen LogP) is 6.14. The van der Waals surface area contributed by atoms with Crippen LogP contribution >= 0.6 is 38.9 Å². The molecule has 0 nitrogen and oxygen atoms in total. The van der Waals surface area contributed by atoms with Crippen LogP contribution in [0.2, 0.25) is 0 Å². The van der Waals surface area contributed by atoms with E-state index in [4.69, 9.17) is 11.6 Å². The van der Waals surface area contributed by atoms with Crippen LogP contribution in [0.1, 0.15) is 42.2 Å². The van der Waals surface area contributed by atoms with Crippen LogP contribution in [0, 0.1) is 0 Å². The first-order chi connectivity index (χ1) is 8.38. The van der Waals surface area contributed by atoms with Crippen molar-refractivity contribution < 1.29 is 0 Å². The van der Waals surface area contributed by atoms with Crippen LogP contribution in [0.4, 0.5) is 0 Å². The van der Waals surface area contributed by atoms with E-state index in [1.54, 1.807) is 11.3 Å². The monoisotopic (exact) mass is 342 g/mol. The van der Waals surface area contributed by atoms with Crippen molar-refractivity contribution in [2.45, 2.75) is 31.6 Å². The zero-order valence-corrected chi connectivity index (χ0v) is 13.9. The van der Waals surface area contributed by atoms with Crippen LogP contribution in [0.3, 0.4) is 0 Å². The van der Waals surface area contributed by atoms with Crippen LogP contribution in [-0.2, 0) is 5.41 Å². The predicted molar refractivity (Wildman–Crippen MR) is 84.9 cm³/mol. The number of hydrogen-bond donors (Lipinski definition) is 0. The van der Waals surface area contributed by atoms with Crippen molar-refractivity contribution in [1.29, 1.82) is 0 Å². The number of halogens is 2. The summed E-state index contributed by atoms with van der Waals surface area (Å²) in [4.78, 5) is 1.17. The van der Waals surface area contributed by atoms with Gasteiger partial charge in [0.1, 0.15) is 0 Å². The maximum absolute atomic E-state index is 6.50. The molecule has 3 heteroatoms. The van der Waals surface area contributed by atoms with Gasteiger partial charge in [0, 0.05) is 4.88 Å². The number of benzene rings is 1. The van der Waals surface area contributed by atoms with Crippen LogP contribution in [0.5, 0.6) is 0 Å². The molecule has 0 aliphatic heterocycles. The van der Waals surface area contributed by atoms with Crippen LogP contribution in [0.25, 0.3) is 0 Å². The Hall–Kier alpha value is -0.310. The first kappa shape index (κ1) is 14.1. The smallest absolute Gasteiger partial charge is 0.0928 e. The Morgan fingerprint density at radius 3 is 2.11 bits per heavy atom. The molecule has 96 valence electrons. The Bertz CT molecular complexity index is 522. The van der Waals surface area contributed by atoms with Gasteiger partial charge in [-0.1, -0.05) is 45.0 Å². The van der Waals surface area contributed by atoms with E-state index in [0.29, 0.717) is 0 Å². The van der Waals surface area contributed by atoms with Gasteiger partial charge in [-0.15, -0.1) is 22.9 Å². The van der Waals surface area contributed by atoms with Crippen molar-refractivity contribution >= 4 is 38.9 Å². The minimum Gasteiger partial charge on any atom is -0.131 e. The SMILES string of the molecule is CC(C)(C)c1ccc(C(Cl)c2ccc(Br)s2)cc1. The molecule has 1 atom stereocenters. The van der Waals surface area contributed by atoms with Gasteiger partial charge in [-0.05, 0) is 44.6 Å². The molecule has 0 bridgehead atoms. The average molecular weight is 344 g/mol. The van der Waals surface area contributed by atoms with Crippen molar-refractivity contribution in [3.05, 3.63) is 56.2 Å². The maximum Gasteiger partial charge on any atom is 0.0928 e. The average Bonchev–Trinajstić information content (AvgIpc) is 2.74. The molecule has 2 rings (SSSR count). The van der Waals surface area contributed by atoms with Crippen molar-refractivity contribution in [3.63, 3.8) is 0 Å². The molecule has 1 aromatic carbocycles. The molecule has 0 amide bonds. The molecule has 1 aromatic heterocycles. The standard InChI is InChI=1S/C15H16BrClS/c1-15(2,3)11-6-4-10(5-7-11)14(17)12-8-9-13(16)18-12/h4-9,14H,1-3H3. The van der Waals surface area contributed by atoms with Gasteiger partial charge in [0.2, 0.25) is 0 Å². The van der Waals surface area contributed by atoms with Gasteiger partial charge >= 0.3 is 0 Å². The van der Waals surface area contributed by atoms with Gasteiger partial charge in [-0.3, -0.25) is 0 Å². The van der Waals surface area contributed by atoms with E-state index >= 15 is 0 Å². The fraction of sp³-hybridized carbons (Fsp3) is 0.333. The summed E-state index contributed by atoms with van der Waals surface area (Å²) in [6.07, 6.45) is 0. The second-order valence-electron chi connectivity index (χ2n) is 5.38. The second-order valence-corrected chi connectivity index (χ2v) is 8.31. The molecule has 0 radical (unpaired) electrons. The molecule has 0 aliphatic carbocycles. The normalized spacial score (nSPS) is 13.6. The fourth-order valence-corrected chi connectivity index (χ4v) is 3.56. The molecule has 0 aliphatic rings. The van der Waals surface area contributed by atoms with Crippen LogP contribution in [-0.4, -0.2) is 0 Å². The Morgan fingerprint density at radius 1 is 1.06 bits per heavy atom. The highest BCUT2D eigenvalue weighted by molar-refractivity contribution is 9.11. The van der Waals surface area contributed by atoms with Gasteiger partial charge in [-0.2, -0.15) is 0 Å². The Balaban J connectivity index is 2.24. The second kappa shape index (κ2) is 5.36. The lowest BCUT2D eigenvalue weighted by atomic mass is 9.86. The lowest BCUT2D eigenvalue weighted by Gasteiger charge is -2.19. The summed E-state index contributed by atoms with van der Waals surface area (Å²) < 4.78 is 1.12. The van der Waals surface area contributed by atoms with Crippen molar-refractivity contribution in [2.75, 3.05) is 0 Å². The van der Waals surface area contributed by atoms with E-state index in [9.17, 15) is 0 Å².